The molecule has 0 fully saturated rings. The van der Waals surface area contributed by atoms with E-state index in [9.17, 15) is 18.0 Å². The summed E-state index contributed by atoms with van der Waals surface area (Å²) in [5, 5.41) is 2.89. The average molecular weight is 626 g/mol. The monoisotopic (exact) mass is 625 g/mol. The van der Waals surface area contributed by atoms with E-state index in [1.165, 1.54) is 37.3 Å². The Bertz CT molecular complexity index is 1490. The van der Waals surface area contributed by atoms with Crippen molar-refractivity contribution in [3.8, 4) is 17.2 Å². The molecule has 0 aliphatic rings. The Morgan fingerprint density at radius 3 is 2.11 bits per heavy atom. The van der Waals surface area contributed by atoms with Crippen LogP contribution in [0.5, 0.6) is 17.2 Å². The van der Waals surface area contributed by atoms with Gasteiger partial charge in [0.2, 0.25) is 11.8 Å². The molecule has 0 heterocycles. The summed E-state index contributed by atoms with van der Waals surface area (Å²) >= 11 is 0. The molecule has 0 saturated heterocycles. The lowest BCUT2D eigenvalue weighted by Gasteiger charge is -2.33. The van der Waals surface area contributed by atoms with Crippen molar-refractivity contribution in [3.63, 3.8) is 0 Å². The molecule has 0 bridgehead atoms. The standard InChI is InChI=1S/C33H43N3O7S/c1-7-20-34-33(38)29(8-2)35(22-25-12-10-24(4)11-13-25)32(37)23-36(26-14-16-27(17-15-26)43-9-3)44(39,40)28-18-19-30(41-5)31(21-28)42-6/h10-19,21,29H,7-9,20,22-23H2,1-6H3,(H,34,38)/t29-/m1/s1. The van der Waals surface area contributed by atoms with E-state index in [4.69, 9.17) is 14.2 Å². The zero-order chi connectivity index (χ0) is 32.3. The lowest BCUT2D eigenvalue weighted by Crippen LogP contribution is -2.52. The van der Waals surface area contributed by atoms with Gasteiger partial charge in [-0.25, -0.2) is 8.42 Å². The van der Waals surface area contributed by atoms with Gasteiger partial charge in [-0.15, -0.1) is 0 Å². The lowest BCUT2D eigenvalue weighted by atomic mass is 10.1. The maximum absolute atomic E-state index is 14.2. The highest BCUT2D eigenvalue weighted by atomic mass is 32.2. The van der Waals surface area contributed by atoms with Gasteiger partial charge in [-0.1, -0.05) is 43.7 Å². The number of nitrogens with zero attached hydrogens (tertiary/aromatic N) is 2. The molecule has 0 spiro atoms. The first-order valence-corrected chi connectivity index (χ1v) is 16.1. The molecule has 3 rings (SSSR count). The van der Waals surface area contributed by atoms with E-state index >= 15 is 0 Å². The van der Waals surface area contributed by atoms with E-state index in [-0.39, 0.29) is 28.8 Å². The zero-order valence-corrected chi connectivity index (χ0v) is 27.1. The van der Waals surface area contributed by atoms with Gasteiger partial charge >= 0.3 is 0 Å². The van der Waals surface area contributed by atoms with Gasteiger partial charge in [0.1, 0.15) is 18.3 Å². The molecule has 0 unspecified atom stereocenters. The predicted octanol–water partition coefficient (Wildman–Crippen LogP) is 4.94. The Kier molecular flexibility index (Phi) is 12.5. The van der Waals surface area contributed by atoms with Crippen molar-refractivity contribution in [3.05, 3.63) is 77.9 Å². The summed E-state index contributed by atoms with van der Waals surface area (Å²) < 4.78 is 45.7. The molecule has 0 aliphatic carbocycles. The van der Waals surface area contributed by atoms with Crippen LogP contribution in [0.15, 0.2) is 71.6 Å². The third kappa shape index (κ3) is 8.43. The van der Waals surface area contributed by atoms with Crippen LogP contribution < -0.4 is 23.8 Å². The minimum Gasteiger partial charge on any atom is -0.494 e. The van der Waals surface area contributed by atoms with Gasteiger partial charge in [0, 0.05) is 19.2 Å². The molecule has 238 valence electrons. The number of aryl methyl sites for hydroxylation is 1. The summed E-state index contributed by atoms with van der Waals surface area (Å²) in [6.45, 7) is 8.09. The number of ether oxygens (including phenoxy) is 3. The number of hydrogen-bond acceptors (Lipinski definition) is 7. The first-order chi connectivity index (χ1) is 21.1. The Morgan fingerprint density at radius 2 is 1.55 bits per heavy atom. The molecule has 10 nitrogen and oxygen atoms in total. The number of rotatable bonds is 16. The summed E-state index contributed by atoms with van der Waals surface area (Å²) in [6, 6.07) is 17.6. The fourth-order valence-electron chi connectivity index (χ4n) is 4.68. The fraction of sp³-hybridized carbons (Fsp3) is 0.394. The molecule has 0 radical (unpaired) electrons. The van der Waals surface area contributed by atoms with Crippen LogP contribution >= 0.6 is 0 Å². The molecule has 0 saturated carbocycles. The number of benzene rings is 3. The third-order valence-corrected chi connectivity index (χ3v) is 8.84. The Balaban J connectivity index is 2.10. The van der Waals surface area contributed by atoms with Gasteiger partial charge in [0.05, 0.1) is 31.4 Å². The minimum absolute atomic E-state index is 0.0883. The van der Waals surface area contributed by atoms with Crippen LogP contribution in [0, 0.1) is 6.92 Å². The maximum Gasteiger partial charge on any atom is 0.264 e. The number of sulfonamides is 1. The molecule has 2 amide bonds. The van der Waals surface area contributed by atoms with Crippen molar-refractivity contribution < 1.29 is 32.2 Å². The van der Waals surface area contributed by atoms with Crippen molar-refractivity contribution in [2.45, 2.75) is 58.0 Å². The normalized spacial score (nSPS) is 11.8. The van der Waals surface area contributed by atoms with E-state index in [0.29, 0.717) is 31.1 Å². The van der Waals surface area contributed by atoms with E-state index in [2.05, 4.69) is 5.32 Å². The van der Waals surface area contributed by atoms with Crippen molar-refractivity contribution >= 4 is 27.5 Å². The summed E-state index contributed by atoms with van der Waals surface area (Å²) in [5.41, 5.74) is 2.14. The van der Waals surface area contributed by atoms with E-state index in [0.717, 1.165) is 21.9 Å². The smallest absolute Gasteiger partial charge is 0.264 e. The maximum atomic E-state index is 14.2. The quantitative estimate of drug-likeness (QED) is 0.240. The van der Waals surface area contributed by atoms with Crippen molar-refractivity contribution in [1.29, 1.82) is 0 Å². The second kappa shape index (κ2) is 16.0. The average Bonchev–Trinajstić information content (AvgIpc) is 3.03. The molecule has 1 N–H and O–H groups in total. The second-order valence-corrected chi connectivity index (χ2v) is 12.0. The Morgan fingerprint density at radius 1 is 0.886 bits per heavy atom. The van der Waals surface area contributed by atoms with E-state index < -0.39 is 28.5 Å². The molecule has 1 atom stereocenters. The number of carbonyl (C=O) groups is 2. The molecule has 3 aromatic carbocycles. The van der Waals surface area contributed by atoms with Crippen LogP contribution in [-0.2, 0) is 26.2 Å². The number of nitrogens with one attached hydrogen (secondary N) is 1. The van der Waals surface area contributed by atoms with E-state index in [1.54, 1.807) is 24.3 Å². The van der Waals surface area contributed by atoms with Crippen molar-refractivity contribution in [2.75, 3.05) is 38.2 Å². The van der Waals surface area contributed by atoms with Gasteiger partial charge < -0.3 is 24.4 Å². The zero-order valence-electron chi connectivity index (χ0n) is 26.3. The second-order valence-electron chi connectivity index (χ2n) is 10.2. The number of methoxy groups -OCH3 is 2. The molecule has 11 heteroatoms. The number of anilines is 1. The summed E-state index contributed by atoms with van der Waals surface area (Å²) in [7, 11) is -1.43. The van der Waals surface area contributed by atoms with Gasteiger partial charge in [-0.3, -0.25) is 13.9 Å². The summed E-state index contributed by atoms with van der Waals surface area (Å²) in [6.07, 6.45) is 1.09. The van der Waals surface area contributed by atoms with Crippen LogP contribution in [0.25, 0.3) is 0 Å². The first-order valence-electron chi connectivity index (χ1n) is 14.7. The largest absolute Gasteiger partial charge is 0.494 e. The van der Waals surface area contributed by atoms with Gasteiger partial charge in [0.15, 0.2) is 11.5 Å². The molecule has 0 aliphatic heterocycles. The summed E-state index contributed by atoms with van der Waals surface area (Å²) in [5.74, 6) is 0.340. The number of amides is 2. The van der Waals surface area contributed by atoms with Crippen molar-refractivity contribution in [1.82, 2.24) is 10.2 Å². The molecule has 3 aromatic rings. The van der Waals surface area contributed by atoms with Crippen LogP contribution in [0.1, 0.15) is 44.7 Å². The minimum atomic E-state index is -4.30. The van der Waals surface area contributed by atoms with Crippen LogP contribution in [0.3, 0.4) is 0 Å². The van der Waals surface area contributed by atoms with Gasteiger partial charge in [-0.2, -0.15) is 0 Å². The third-order valence-electron chi connectivity index (χ3n) is 7.07. The van der Waals surface area contributed by atoms with Crippen molar-refractivity contribution in [2.24, 2.45) is 0 Å². The molecular formula is C33H43N3O7S. The molecule has 44 heavy (non-hydrogen) atoms. The molecular weight excluding hydrogens is 582 g/mol. The van der Waals surface area contributed by atoms with Crippen LogP contribution in [0.2, 0.25) is 0 Å². The Hall–Kier alpha value is -4.25. The topological polar surface area (TPSA) is 114 Å². The SMILES string of the molecule is CCCNC(=O)[C@@H](CC)N(Cc1ccc(C)cc1)C(=O)CN(c1ccc(OCC)cc1)S(=O)(=O)c1ccc(OC)c(OC)c1. The van der Waals surface area contributed by atoms with Gasteiger partial charge in [0.25, 0.3) is 10.0 Å². The number of hydrogen-bond donors (Lipinski definition) is 1. The lowest BCUT2D eigenvalue weighted by molar-refractivity contribution is -0.140. The highest BCUT2D eigenvalue weighted by Crippen LogP contribution is 2.33. The molecule has 0 aromatic heterocycles. The summed E-state index contributed by atoms with van der Waals surface area (Å²) in [4.78, 5) is 28.8. The number of carbonyl (C=O) groups excluding carboxylic acids is 2. The Labute approximate surface area is 261 Å². The van der Waals surface area contributed by atoms with Gasteiger partial charge in [-0.05, 0) is 68.7 Å². The predicted molar refractivity (Wildman–Crippen MR) is 171 cm³/mol. The van der Waals surface area contributed by atoms with E-state index in [1.807, 2.05) is 52.0 Å². The highest BCUT2D eigenvalue weighted by molar-refractivity contribution is 7.92. The first kappa shape index (κ1) is 34.2. The van der Waals surface area contributed by atoms with Crippen LogP contribution in [0.4, 0.5) is 5.69 Å². The fourth-order valence-corrected chi connectivity index (χ4v) is 6.11. The highest BCUT2D eigenvalue weighted by Gasteiger charge is 2.34. The van der Waals surface area contributed by atoms with Crippen LogP contribution in [-0.4, -0.2) is 65.1 Å².